The van der Waals surface area contributed by atoms with E-state index in [1.807, 2.05) is 18.2 Å². The van der Waals surface area contributed by atoms with Gasteiger partial charge in [0.1, 0.15) is 5.78 Å². The van der Waals surface area contributed by atoms with Crippen LogP contribution in [-0.4, -0.2) is 5.78 Å². The van der Waals surface area contributed by atoms with Gasteiger partial charge in [-0.3, -0.25) is 4.79 Å². The molecule has 0 heterocycles. The van der Waals surface area contributed by atoms with Crippen LogP contribution in [0.5, 0.6) is 0 Å². The van der Waals surface area contributed by atoms with Gasteiger partial charge in [0.05, 0.1) is 0 Å². The summed E-state index contributed by atoms with van der Waals surface area (Å²) in [7, 11) is 0. The Morgan fingerprint density at radius 3 is 2.28 bits per heavy atom. The summed E-state index contributed by atoms with van der Waals surface area (Å²) in [6.45, 7) is 2.23. The van der Waals surface area contributed by atoms with Gasteiger partial charge in [-0.2, -0.15) is 0 Å². The molecule has 0 saturated heterocycles. The van der Waals surface area contributed by atoms with E-state index in [4.69, 9.17) is 0 Å². The molecule has 1 heteroatoms. The van der Waals surface area contributed by atoms with Gasteiger partial charge in [0, 0.05) is 12.8 Å². The van der Waals surface area contributed by atoms with Crippen molar-refractivity contribution in [2.24, 2.45) is 0 Å². The summed E-state index contributed by atoms with van der Waals surface area (Å²) < 4.78 is 0. The predicted octanol–water partition coefficient (Wildman–Crippen LogP) is 4.94. The monoisotopic (exact) mass is 246 g/mol. The maximum atomic E-state index is 11.7. The highest BCUT2D eigenvalue weighted by atomic mass is 16.1. The SMILES string of the molecule is CCCCCCCCC(=O)CCc1ccccc1. The molecular weight excluding hydrogens is 220 g/mol. The Morgan fingerprint density at radius 2 is 1.56 bits per heavy atom. The van der Waals surface area contributed by atoms with E-state index in [1.165, 1.54) is 37.7 Å². The number of unbranched alkanes of at least 4 members (excludes halogenated alkanes) is 5. The summed E-state index contributed by atoms with van der Waals surface area (Å²) in [5.74, 6) is 0.425. The number of hydrogen-bond donors (Lipinski definition) is 0. The fraction of sp³-hybridized carbons (Fsp3) is 0.588. The first kappa shape index (κ1) is 14.9. The number of rotatable bonds is 10. The topological polar surface area (TPSA) is 17.1 Å². The van der Waals surface area contributed by atoms with E-state index >= 15 is 0 Å². The molecule has 0 bridgehead atoms. The lowest BCUT2D eigenvalue weighted by Crippen LogP contribution is -2.00. The quantitative estimate of drug-likeness (QED) is 0.534. The largest absolute Gasteiger partial charge is 0.300 e. The molecule has 0 aliphatic rings. The van der Waals surface area contributed by atoms with Gasteiger partial charge in [0.2, 0.25) is 0 Å². The zero-order valence-corrected chi connectivity index (χ0v) is 11.7. The van der Waals surface area contributed by atoms with Crippen LogP contribution in [0.2, 0.25) is 0 Å². The van der Waals surface area contributed by atoms with Crippen LogP contribution in [0, 0.1) is 0 Å². The van der Waals surface area contributed by atoms with Crippen molar-refractivity contribution >= 4 is 5.78 Å². The third-order valence-corrected chi connectivity index (χ3v) is 3.34. The van der Waals surface area contributed by atoms with Crippen molar-refractivity contribution in [3.63, 3.8) is 0 Å². The summed E-state index contributed by atoms with van der Waals surface area (Å²) in [5, 5.41) is 0. The molecule has 0 aromatic heterocycles. The number of ketones is 1. The van der Waals surface area contributed by atoms with Gasteiger partial charge in [-0.15, -0.1) is 0 Å². The highest BCUT2D eigenvalue weighted by molar-refractivity contribution is 5.78. The van der Waals surface area contributed by atoms with Crippen LogP contribution in [0.15, 0.2) is 30.3 Å². The molecule has 0 aliphatic carbocycles. The Morgan fingerprint density at radius 1 is 0.889 bits per heavy atom. The Kier molecular flexibility index (Phi) is 8.20. The summed E-state index contributed by atoms with van der Waals surface area (Å²) in [5.41, 5.74) is 1.27. The lowest BCUT2D eigenvalue weighted by atomic mass is 10.0. The molecule has 1 aromatic carbocycles. The van der Waals surface area contributed by atoms with Crippen molar-refractivity contribution in [2.45, 2.75) is 64.7 Å². The Labute approximate surface area is 112 Å². The first-order valence-corrected chi connectivity index (χ1v) is 7.38. The predicted molar refractivity (Wildman–Crippen MR) is 77.8 cm³/mol. The van der Waals surface area contributed by atoms with Gasteiger partial charge >= 0.3 is 0 Å². The second-order valence-corrected chi connectivity index (χ2v) is 5.04. The molecule has 1 rings (SSSR count). The standard InChI is InChI=1S/C17H26O/c1-2-3-4-5-6-10-13-17(18)15-14-16-11-8-7-9-12-16/h7-9,11-12H,2-6,10,13-15H2,1H3. The lowest BCUT2D eigenvalue weighted by Gasteiger charge is -2.02. The molecular formula is C17H26O. The van der Waals surface area contributed by atoms with Crippen molar-refractivity contribution < 1.29 is 4.79 Å². The summed E-state index contributed by atoms with van der Waals surface area (Å²) in [6, 6.07) is 10.3. The number of benzene rings is 1. The fourth-order valence-electron chi connectivity index (χ4n) is 2.16. The molecule has 0 aliphatic heterocycles. The van der Waals surface area contributed by atoms with Gasteiger partial charge in [-0.25, -0.2) is 0 Å². The molecule has 0 saturated carbocycles. The van der Waals surface area contributed by atoms with E-state index in [2.05, 4.69) is 19.1 Å². The van der Waals surface area contributed by atoms with Gasteiger partial charge in [0.25, 0.3) is 0 Å². The Balaban J connectivity index is 2.01. The van der Waals surface area contributed by atoms with Crippen molar-refractivity contribution in [2.75, 3.05) is 0 Å². The van der Waals surface area contributed by atoms with Crippen LogP contribution in [0.4, 0.5) is 0 Å². The van der Waals surface area contributed by atoms with Gasteiger partial charge in [0.15, 0.2) is 0 Å². The molecule has 0 radical (unpaired) electrons. The van der Waals surface area contributed by atoms with Gasteiger partial charge < -0.3 is 0 Å². The molecule has 0 N–H and O–H groups in total. The first-order chi connectivity index (χ1) is 8.83. The fourth-order valence-corrected chi connectivity index (χ4v) is 2.16. The van der Waals surface area contributed by atoms with E-state index in [9.17, 15) is 4.79 Å². The number of carbonyl (C=O) groups is 1. The lowest BCUT2D eigenvalue weighted by molar-refractivity contribution is -0.119. The summed E-state index contributed by atoms with van der Waals surface area (Å²) in [4.78, 5) is 11.7. The zero-order valence-electron chi connectivity index (χ0n) is 11.7. The van der Waals surface area contributed by atoms with Crippen molar-refractivity contribution in [3.05, 3.63) is 35.9 Å². The highest BCUT2D eigenvalue weighted by Gasteiger charge is 2.02. The summed E-state index contributed by atoms with van der Waals surface area (Å²) in [6.07, 6.45) is 9.92. The van der Waals surface area contributed by atoms with Gasteiger partial charge in [-0.1, -0.05) is 69.4 Å². The minimum absolute atomic E-state index is 0.425. The average molecular weight is 246 g/mol. The van der Waals surface area contributed by atoms with E-state index in [0.717, 1.165) is 19.3 Å². The average Bonchev–Trinajstić information content (AvgIpc) is 2.41. The molecule has 0 fully saturated rings. The molecule has 18 heavy (non-hydrogen) atoms. The highest BCUT2D eigenvalue weighted by Crippen LogP contribution is 2.09. The van der Waals surface area contributed by atoms with Crippen LogP contribution < -0.4 is 0 Å². The molecule has 0 amide bonds. The van der Waals surface area contributed by atoms with Gasteiger partial charge in [-0.05, 0) is 18.4 Å². The molecule has 0 unspecified atom stereocenters. The van der Waals surface area contributed by atoms with Crippen molar-refractivity contribution in [3.8, 4) is 0 Å². The number of carbonyl (C=O) groups excluding carboxylic acids is 1. The second kappa shape index (κ2) is 9.87. The minimum Gasteiger partial charge on any atom is -0.300 e. The van der Waals surface area contributed by atoms with Crippen LogP contribution in [0.1, 0.15) is 63.9 Å². The molecule has 0 spiro atoms. The minimum atomic E-state index is 0.425. The van der Waals surface area contributed by atoms with Crippen molar-refractivity contribution in [1.82, 2.24) is 0 Å². The maximum absolute atomic E-state index is 11.7. The zero-order chi connectivity index (χ0) is 13.1. The third-order valence-electron chi connectivity index (χ3n) is 3.34. The molecule has 100 valence electrons. The van der Waals surface area contributed by atoms with E-state index in [0.29, 0.717) is 12.2 Å². The number of aryl methyl sites for hydroxylation is 1. The number of hydrogen-bond acceptors (Lipinski definition) is 1. The summed E-state index contributed by atoms with van der Waals surface area (Å²) >= 11 is 0. The van der Waals surface area contributed by atoms with Crippen LogP contribution in [0.3, 0.4) is 0 Å². The molecule has 0 atom stereocenters. The van der Waals surface area contributed by atoms with E-state index < -0.39 is 0 Å². The Hall–Kier alpha value is -1.11. The second-order valence-electron chi connectivity index (χ2n) is 5.04. The first-order valence-electron chi connectivity index (χ1n) is 7.38. The molecule has 1 nitrogen and oxygen atoms in total. The smallest absolute Gasteiger partial charge is 0.133 e. The number of Topliss-reactive ketones (excluding diaryl/α,β-unsaturated/α-hetero) is 1. The van der Waals surface area contributed by atoms with Crippen LogP contribution in [0.25, 0.3) is 0 Å². The Bertz CT molecular complexity index is 316. The van der Waals surface area contributed by atoms with Crippen LogP contribution >= 0.6 is 0 Å². The van der Waals surface area contributed by atoms with E-state index in [1.54, 1.807) is 0 Å². The maximum Gasteiger partial charge on any atom is 0.133 e. The normalized spacial score (nSPS) is 10.5. The molecule has 1 aromatic rings. The third kappa shape index (κ3) is 7.26. The van der Waals surface area contributed by atoms with Crippen LogP contribution in [-0.2, 0) is 11.2 Å². The van der Waals surface area contributed by atoms with E-state index in [-0.39, 0.29) is 0 Å². The van der Waals surface area contributed by atoms with Crippen molar-refractivity contribution in [1.29, 1.82) is 0 Å².